The van der Waals surface area contributed by atoms with Crippen molar-refractivity contribution in [3.8, 4) is 0 Å². The average Bonchev–Trinajstić information content (AvgIpc) is 3.04. The van der Waals surface area contributed by atoms with Crippen LogP contribution in [-0.4, -0.2) is 37.9 Å². The van der Waals surface area contributed by atoms with Gasteiger partial charge < -0.3 is 5.32 Å². The number of hydrogen-bond acceptors (Lipinski definition) is 4. The molecule has 2 saturated heterocycles. The summed E-state index contributed by atoms with van der Waals surface area (Å²) < 4.78 is 27.5. The van der Waals surface area contributed by atoms with Crippen molar-refractivity contribution in [2.45, 2.75) is 61.4 Å². The van der Waals surface area contributed by atoms with E-state index >= 15 is 0 Å². The Morgan fingerprint density at radius 3 is 2.43 bits per heavy atom. The zero-order valence-corrected chi connectivity index (χ0v) is 14.9. The zero-order valence-electron chi connectivity index (χ0n) is 12.4. The Balaban J connectivity index is 0.00000161. The molecule has 120 valence electrons. The van der Waals surface area contributed by atoms with E-state index in [9.17, 15) is 8.42 Å². The number of piperidine rings is 1. The molecule has 1 N–H and O–H groups in total. The van der Waals surface area contributed by atoms with Gasteiger partial charge in [0.25, 0.3) is 10.0 Å². The fraction of sp³-hybridized carbons (Fsp3) is 0.714. The van der Waals surface area contributed by atoms with E-state index in [-0.39, 0.29) is 18.4 Å². The second-order valence-electron chi connectivity index (χ2n) is 5.86. The predicted molar refractivity (Wildman–Crippen MR) is 88.9 cm³/mol. The molecule has 1 aromatic heterocycles. The molecule has 1 aromatic rings. The van der Waals surface area contributed by atoms with E-state index in [4.69, 9.17) is 0 Å². The highest BCUT2D eigenvalue weighted by Gasteiger charge is 2.39. The Bertz CT molecular complexity index is 576. The lowest BCUT2D eigenvalue weighted by Gasteiger charge is -2.34. The summed E-state index contributed by atoms with van der Waals surface area (Å²) in [7, 11) is -1.58. The average molecular weight is 351 g/mol. The SMILES string of the molecule is CCc1ccc(S(=O)(=O)N(C)C2CC3CCC(C2)N3)s1.Cl. The molecular formula is C14H23ClN2O2S2. The van der Waals surface area contributed by atoms with Crippen molar-refractivity contribution in [2.24, 2.45) is 0 Å². The summed E-state index contributed by atoms with van der Waals surface area (Å²) in [5.74, 6) is 0. The predicted octanol–water partition coefficient (Wildman–Crippen LogP) is 2.64. The summed E-state index contributed by atoms with van der Waals surface area (Å²) in [6.07, 6.45) is 5.15. The van der Waals surface area contributed by atoms with Crippen LogP contribution >= 0.6 is 23.7 Å². The molecule has 2 bridgehead atoms. The Labute approximate surface area is 137 Å². The number of rotatable bonds is 4. The van der Waals surface area contributed by atoms with Crippen molar-refractivity contribution < 1.29 is 8.42 Å². The van der Waals surface area contributed by atoms with Crippen molar-refractivity contribution >= 4 is 33.8 Å². The molecule has 0 amide bonds. The van der Waals surface area contributed by atoms with Gasteiger partial charge in [0.05, 0.1) is 0 Å². The lowest BCUT2D eigenvalue weighted by Crippen LogP contribution is -2.48. The number of thiophene rings is 1. The molecular weight excluding hydrogens is 328 g/mol. The van der Waals surface area contributed by atoms with Gasteiger partial charge in [-0.05, 0) is 44.2 Å². The number of hydrogen-bond donors (Lipinski definition) is 1. The number of fused-ring (bicyclic) bond motifs is 2. The van der Waals surface area contributed by atoms with E-state index in [1.807, 2.05) is 6.07 Å². The highest BCUT2D eigenvalue weighted by atomic mass is 35.5. The second-order valence-corrected chi connectivity index (χ2v) is 9.25. The van der Waals surface area contributed by atoms with E-state index < -0.39 is 10.0 Å². The molecule has 2 aliphatic heterocycles. The van der Waals surface area contributed by atoms with Crippen LogP contribution in [0.2, 0.25) is 0 Å². The Kier molecular flexibility index (Phi) is 5.36. The summed E-state index contributed by atoms with van der Waals surface area (Å²) >= 11 is 1.40. The summed E-state index contributed by atoms with van der Waals surface area (Å²) in [5, 5.41) is 3.56. The van der Waals surface area contributed by atoms with Crippen LogP contribution in [0.3, 0.4) is 0 Å². The fourth-order valence-corrected chi connectivity index (χ4v) is 6.21. The summed E-state index contributed by atoms with van der Waals surface area (Å²) in [6, 6.07) is 4.84. The molecule has 0 aromatic carbocycles. The lowest BCUT2D eigenvalue weighted by molar-refractivity contribution is 0.252. The Morgan fingerprint density at radius 2 is 1.90 bits per heavy atom. The third kappa shape index (κ3) is 3.29. The van der Waals surface area contributed by atoms with Crippen LogP contribution in [0, 0.1) is 0 Å². The second kappa shape index (κ2) is 6.54. The third-order valence-electron chi connectivity index (χ3n) is 4.58. The van der Waals surface area contributed by atoms with Crippen LogP contribution in [0.1, 0.15) is 37.5 Å². The highest BCUT2D eigenvalue weighted by Crippen LogP contribution is 2.33. The van der Waals surface area contributed by atoms with Gasteiger partial charge in [0.2, 0.25) is 0 Å². The normalized spacial score (nSPS) is 28.6. The maximum Gasteiger partial charge on any atom is 0.252 e. The van der Waals surface area contributed by atoms with Gasteiger partial charge in [0.1, 0.15) is 4.21 Å². The fourth-order valence-electron chi connectivity index (χ4n) is 3.35. The van der Waals surface area contributed by atoms with Crippen LogP contribution in [0.4, 0.5) is 0 Å². The molecule has 0 radical (unpaired) electrons. The zero-order chi connectivity index (χ0) is 14.3. The molecule has 3 rings (SSSR count). The summed E-state index contributed by atoms with van der Waals surface area (Å²) in [5.41, 5.74) is 0. The maximum absolute atomic E-state index is 12.7. The van der Waals surface area contributed by atoms with Crippen molar-refractivity contribution in [3.63, 3.8) is 0 Å². The third-order valence-corrected chi connectivity index (χ3v) is 8.19. The number of aryl methyl sites for hydroxylation is 1. The van der Waals surface area contributed by atoms with Crippen LogP contribution in [0.5, 0.6) is 0 Å². The van der Waals surface area contributed by atoms with Crippen molar-refractivity contribution in [2.75, 3.05) is 7.05 Å². The molecule has 3 heterocycles. The molecule has 0 spiro atoms. The monoisotopic (exact) mass is 350 g/mol. The van der Waals surface area contributed by atoms with Gasteiger partial charge in [-0.25, -0.2) is 8.42 Å². The molecule has 4 nitrogen and oxygen atoms in total. The molecule has 0 aliphatic carbocycles. The van der Waals surface area contributed by atoms with Crippen molar-refractivity contribution in [1.29, 1.82) is 0 Å². The van der Waals surface area contributed by atoms with Crippen LogP contribution in [-0.2, 0) is 16.4 Å². The Morgan fingerprint density at radius 1 is 1.29 bits per heavy atom. The van der Waals surface area contributed by atoms with Crippen LogP contribution in [0.25, 0.3) is 0 Å². The molecule has 2 aliphatic rings. The van der Waals surface area contributed by atoms with Gasteiger partial charge in [0.15, 0.2) is 0 Å². The lowest BCUT2D eigenvalue weighted by atomic mass is 10.0. The number of nitrogens with one attached hydrogen (secondary N) is 1. The van der Waals surface area contributed by atoms with Crippen molar-refractivity contribution in [1.82, 2.24) is 9.62 Å². The minimum absolute atomic E-state index is 0. The van der Waals surface area contributed by atoms with Gasteiger partial charge in [-0.1, -0.05) is 6.92 Å². The van der Waals surface area contributed by atoms with E-state index in [1.165, 1.54) is 24.2 Å². The first-order valence-electron chi connectivity index (χ1n) is 7.33. The molecule has 0 saturated carbocycles. The molecule has 2 unspecified atom stereocenters. The number of halogens is 1. The minimum atomic E-state index is -3.32. The van der Waals surface area contributed by atoms with E-state index in [0.29, 0.717) is 16.3 Å². The highest BCUT2D eigenvalue weighted by molar-refractivity contribution is 7.91. The largest absolute Gasteiger partial charge is 0.311 e. The van der Waals surface area contributed by atoms with Crippen LogP contribution < -0.4 is 5.32 Å². The molecule has 2 fully saturated rings. The van der Waals surface area contributed by atoms with E-state index in [0.717, 1.165) is 24.1 Å². The topological polar surface area (TPSA) is 49.4 Å². The van der Waals surface area contributed by atoms with Gasteiger partial charge in [-0.3, -0.25) is 0 Å². The number of sulfonamides is 1. The van der Waals surface area contributed by atoms with E-state index in [2.05, 4.69) is 12.2 Å². The van der Waals surface area contributed by atoms with Gasteiger partial charge in [0, 0.05) is 30.1 Å². The summed E-state index contributed by atoms with van der Waals surface area (Å²) in [6.45, 7) is 2.05. The van der Waals surface area contributed by atoms with Gasteiger partial charge in [-0.15, -0.1) is 23.7 Å². The first kappa shape index (κ1) is 17.2. The van der Waals surface area contributed by atoms with E-state index in [1.54, 1.807) is 17.4 Å². The standard InChI is InChI=1S/C14H22N2O2S2.ClH/c1-3-13-6-7-14(19-13)20(17,18)16(2)12-8-10-4-5-11(9-12)15-10;/h6-7,10-12,15H,3-5,8-9H2,1-2H3;1H. The molecule has 21 heavy (non-hydrogen) atoms. The first-order valence-corrected chi connectivity index (χ1v) is 9.59. The first-order chi connectivity index (χ1) is 9.50. The maximum atomic E-state index is 12.7. The molecule has 2 atom stereocenters. The smallest absolute Gasteiger partial charge is 0.252 e. The minimum Gasteiger partial charge on any atom is -0.311 e. The van der Waals surface area contributed by atoms with Crippen LogP contribution in [0.15, 0.2) is 16.3 Å². The quantitative estimate of drug-likeness (QED) is 0.908. The number of nitrogens with zero attached hydrogens (tertiary/aromatic N) is 1. The van der Waals surface area contributed by atoms with Crippen molar-refractivity contribution in [3.05, 3.63) is 17.0 Å². The summed E-state index contributed by atoms with van der Waals surface area (Å²) in [4.78, 5) is 1.13. The molecule has 7 heteroatoms. The van der Waals surface area contributed by atoms with Gasteiger partial charge >= 0.3 is 0 Å². The van der Waals surface area contributed by atoms with Gasteiger partial charge in [-0.2, -0.15) is 4.31 Å². The Hall–Kier alpha value is -0.140.